The lowest BCUT2D eigenvalue weighted by atomic mass is 10.1. The van der Waals surface area contributed by atoms with Gasteiger partial charge in [-0.25, -0.2) is 4.98 Å². The smallest absolute Gasteiger partial charge is 0.232 e. The summed E-state index contributed by atoms with van der Waals surface area (Å²) in [4.78, 5) is 10.9. The van der Waals surface area contributed by atoms with E-state index in [1.165, 1.54) is 0 Å². The molecular formula is C13H20BrN3O3. The summed E-state index contributed by atoms with van der Waals surface area (Å²) in [6, 6.07) is 0. The molecule has 2 heterocycles. The van der Waals surface area contributed by atoms with Crippen LogP contribution in [0.4, 0.5) is 5.95 Å². The van der Waals surface area contributed by atoms with E-state index in [0.29, 0.717) is 25.0 Å². The molecule has 6 nitrogen and oxygen atoms in total. The van der Waals surface area contributed by atoms with Gasteiger partial charge < -0.3 is 19.1 Å². The first kappa shape index (κ1) is 15.5. The molecule has 1 aliphatic rings. The van der Waals surface area contributed by atoms with Gasteiger partial charge in [0.2, 0.25) is 11.8 Å². The Hall–Kier alpha value is -0.920. The minimum atomic E-state index is -0.273. The molecule has 1 saturated heterocycles. The van der Waals surface area contributed by atoms with E-state index >= 15 is 0 Å². The van der Waals surface area contributed by atoms with Crippen molar-refractivity contribution >= 4 is 21.9 Å². The van der Waals surface area contributed by atoms with Crippen LogP contribution in [0.1, 0.15) is 13.8 Å². The van der Waals surface area contributed by atoms with E-state index in [4.69, 9.17) is 14.2 Å². The molecule has 0 amide bonds. The van der Waals surface area contributed by atoms with Crippen molar-refractivity contribution in [3.05, 3.63) is 10.7 Å². The molecule has 20 heavy (non-hydrogen) atoms. The van der Waals surface area contributed by atoms with Crippen molar-refractivity contribution in [2.45, 2.75) is 25.6 Å². The van der Waals surface area contributed by atoms with E-state index in [0.717, 1.165) is 11.0 Å². The van der Waals surface area contributed by atoms with Crippen molar-refractivity contribution in [3.8, 4) is 5.88 Å². The molecule has 0 aromatic carbocycles. The number of morpholine rings is 1. The van der Waals surface area contributed by atoms with E-state index < -0.39 is 0 Å². The van der Waals surface area contributed by atoms with Crippen LogP contribution in [0.5, 0.6) is 5.88 Å². The Labute approximate surface area is 127 Å². The Morgan fingerprint density at radius 3 is 2.90 bits per heavy atom. The van der Waals surface area contributed by atoms with Crippen molar-refractivity contribution in [3.63, 3.8) is 0 Å². The molecule has 112 valence electrons. The maximum Gasteiger partial charge on any atom is 0.232 e. The van der Waals surface area contributed by atoms with Gasteiger partial charge in [0.15, 0.2) is 0 Å². The Bertz CT molecular complexity index is 470. The number of aromatic nitrogens is 2. The van der Waals surface area contributed by atoms with E-state index in [1.807, 2.05) is 0 Å². The van der Waals surface area contributed by atoms with Crippen LogP contribution >= 0.6 is 15.9 Å². The third kappa shape index (κ3) is 3.59. The average Bonchev–Trinajstić information content (AvgIpc) is 2.37. The van der Waals surface area contributed by atoms with Crippen LogP contribution in [0.25, 0.3) is 0 Å². The maximum atomic E-state index is 5.98. The number of hydrogen-bond donors (Lipinski definition) is 0. The summed E-state index contributed by atoms with van der Waals surface area (Å²) >= 11 is 3.36. The molecule has 0 bridgehead atoms. The normalized spacial score (nSPS) is 21.9. The second-order valence-corrected chi connectivity index (χ2v) is 6.22. The van der Waals surface area contributed by atoms with Crippen LogP contribution in [0, 0.1) is 0 Å². The van der Waals surface area contributed by atoms with Crippen LogP contribution in [-0.4, -0.2) is 55.6 Å². The fourth-order valence-corrected chi connectivity index (χ4v) is 2.71. The van der Waals surface area contributed by atoms with Gasteiger partial charge in [-0.2, -0.15) is 4.98 Å². The molecule has 2 rings (SSSR count). The lowest BCUT2D eigenvalue weighted by molar-refractivity contribution is -0.106. The zero-order valence-corrected chi connectivity index (χ0v) is 13.8. The first-order valence-electron chi connectivity index (χ1n) is 6.43. The topological polar surface area (TPSA) is 56.7 Å². The Balaban J connectivity index is 2.22. The molecule has 1 aromatic rings. The van der Waals surface area contributed by atoms with E-state index in [1.54, 1.807) is 20.4 Å². The molecule has 0 saturated carbocycles. The van der Waals surface area contributed by atoms with Crippen LogP contribution in [0.15, 0.2) is 10.7 Å². The number of nitrogens with zero attached hydrogens (tertiary/aromatic N) is 3. The number of hydrogen-bond acceptors (Lipinski definition) is 6. The van der Waals surface area contributed by atoms with Crippen molar-refractivity contribution in [2.24, 2.45) is 0 Å². The predicted molar refractivity (Wildman–Crippen MR) is 79.3 cm³/mol. The number of methoxy groups -OCH3 is 2. The summed E-state index contributed by atoms with van der Waals surface area (Å²) in [5.74, 6) is 1.17. The first-order valence-corrected chi connectivity index (χ1v) is 7.22. The Kier molecular flexibility index (Phi) is 4.82. The van der Waals surface area contributed by atoms with Crippen molar-refractivity contribution in [2.75, 3.05) is 38.8 Å². The van der Waals surface area contributed by atoms with Gasteiger partial charge >= 0.3 is 0 Å². The minimum absolute atomic E-state index is 0.00184. The van der Waals surface area contributed by atoms with Gasteiger partial charge in [-0.15, -0.1) is 0 Å². The minimum Gasteiger partial charge on any atom is -0.480 e. The van der Waals surface area contributed by atoms with E-state index in [9.17, 15) is 0 Å². The second kappa shape index (κ2) is 6.24. The third-order valence-electron chi connectivity index (χ3n) is 3.01. The van der Waals surface area contributed by atoms with Gasteiger partial charge in [0.1, 0.15) is 0 Å². The van der Waals surface area contributed by atoms with E-state index in [2.05, 4.69) is 44.6 Å². The van der Waals surface area contributed by atoms with Crippen LogP contribution < -0.4 is 9.64 Å². The van der Waals surface area contributed by atoms with E-state index in [-0.39, 0.29) is 11.7 Å². The molecule has 7 heteroatoms. The van der Waals surface area contributed by atoms with Crippen molar-refractivity contribution in [1.82, 2.24) is 9.97 Å². The molecule has 1 aromatic heterocycles. The molecule has 0 N–H and O–H groups in total. The van der Waals surface area contributed by atoms with Gasteiger partial charge in [-0.3, -0.25) is 0 Å². The number of halogens is 1. The zero-order valence-electron chi connectivity index (χ0n) is 12.2. The highest BCUT2D eigenvalue weighted by Crippen LogP contribution is 2.27. The SMILES string of the molecule is COC[C@H]1CN(c2ncc(Br)c(OC)n2)CC(C)(C)O1. The fourth-order valence-electron chi connectivity index (χ4n) is 2.36. The molecule has 0 aliphatic carbocycles. The highest BCUT2D eigenvalue weighted by molar-refractivity contribution is 9.10. The summed E-state index contributed by atoms with van der Waals surface area (Å²) in [5.41, 5.74) is -0.273. The summed E-state index contributed by atoms with van der Waals surface area (Å²) in [5, 5.41) is 0. The lowest BCUT2D eigenvalue weighted by Gasteiger charge is -2.42. The molecule has 0 unspecified atom stereocenters. The maximum absolute atomic E-state index is 5.98. The fraction of sp³-hybridized carbons (Fsp3) is 0.692. The van der Waals surface area contributed by atoms with Crippen LogP contribution in [0.2, 0.25) is 0 Å². The monoisotopic (exact) mass is 345 g/mol. The Morgan fingerprint density at radius 2 is 2.25 bits per heavy atom. The third-order valence-corrected chi connectivity index (χ3v) is 3.55. The number of ether oxygens (including phenoxy) is 3. The van der Waals surface area contributed by atoms with Gasteiger partial charge in [-0.1, -0.05) is 0 Å². The summed E-state index contributed by atoms with van der Waals surface area (Å²) in [7, 11) is 3.27. The molecule has 1 atom stereocenters. The van der Waals surface area contributed by atoms with Gasteiger partial charge in [0.05, 0.1) is 36.1 Å². The highest BCUT2D eigenvalue weighted by atomic mass is 79.9. The largest absolute Gasteiger partial charge is 0.480 e. The van der Waals surface area contributed by atoms with Gasteiger partial charge in [0, 0.05) is 20.2 Å². The molecule has 0 radical (unpaired) electrons. The average molecular weight is 346 g/mol. The second-order valence-electron chi connectivity index (χ2n) is 5.36. The zero-order chi connectivity index (χ0) is 14.8. The standard InChI is InChI=1S/C13H20BrN3O3/c1-13(2)8-17(6-9(20-13)7-18-3)12-15-5-10(14)11(16-12)19-4/h5,9H,6-8H2,1-4H3/t9-/m1/s1. The number of rotatable bonds is 4. The molecule has 0 spiro atoms. The highest BCUT2D eigenvalue weighted by Gasteiger charge is 2.34. The van der Waals surface area contributed by atoms with Crippen LogP contribution in [-0.2, 0) is 9.47 Å². The van der Waals surface area contributed by atoms with Crippen molar-refractivity contribution in [1.29, 1.82) is 0 Å². The van der Waals surface area contributed by atoms with Crippen molar-refractivity contribution < 1.29 is 14.2 Å². The number of anilines is 1. The quantitative estimate of drug-likeness (QED) is 0.830. The summed E-state index contributed by atoms with van der Waals surface area (Å²) in [6.07, 6.45) is 1.71. The molecule has 1 fully saturated rings. The first-order chi connectivity index (χ1) is 9.45. The van der Waals surface area contributed by atoms with Crippen LogP contribution in [0.3, 0.4) is 0 Å². The van der Waals surface area contributed by atoms with Gasteiger partial charge in [0.25, 0.3) is 0 Å². The molecular weight excluding hydrogens is 326 g/mol. The van der Waals surface area contributed by atoms with Gasteiger partial charge in [-0.05, 0) is 29.8 Å². The summed E-state index contributed by atoms with van der Waals surface area (Å²) in [6.45, 7) is 6.07. The Morgan fingerprint density at radius 1 is 1.50 bits per heavy atom. The lowest BCUT2D eigenvalue weighted by Crippen LogP contribution is -2.54. The predicted octanol–water partition coefficient (Wildman–Crippen LogP) is 1.88. The molecule has 1 aliphatic heterocycles. The summed E-state index contributed by atoms with van der Waals surface area (Å²) < 4.78 is 17.1.